The van der Waals surface area contributed by atoms with Crippen molar-refractivity contribution in [1.82, 2.24) is 10.0 Å². The topological polar surface area (TPSA) is 114 Å². The summed E-state index contributed by atoms with van der Waals surface area (Å²) in [6.45, 7) is -0.175. The van der Waals surface area contributed by atoms with Crippen molar-refractivity contribution in [3.05, 3.63) is 72.4 Å². The Hall–Kier alpha value is -3.23. The predicted molar refractivity (Wildman–Crippen MR) is 105 cm³/mol. The third kappa shape index (κ3) is 4.19. The number of hydrogen-bond acceptors (Lipinski definition) is 5. The lowest BCUT2D eigenvalue weighted by Gasteiger charge is -2.16. The molecule has 144 valence electrons. The molecule has 1 heterocycles. The molecule has 3 N–H and O–H groups in total. The molecule has 0 atom stereocenters. The van der Waals surface area contributed by atoms with Gasteiger partial charge in [-0.15, -0.1) is 0 Å². The minimum atomic E-state index is -3.49. The van der Waals surface area contributed by atoms with Crippen molar-refractivity contribution in [3.63, 3.8) is 0 Å². The third-order valence-corrected chi connectivity index (χ3v) is 5.31. The van der Waals surface area contributed by atoms with Crippen LogP contribution in [0.5, 0.6) is 0 Å². The lowest BCUT2D eigenvalue weighted by atomic mass is 9.98. The number of pyridine rings is 1. The molecular weight excluding hydrogens is 378 g/mol. The van der Waals surface area contributed by atoms with Crippen molar-refractivity contribution in [2.75, 3.05) is 6.26 Å². The number of hydrogen-bond donors (Lipinski definition) is 2. The number of aromatic nitrogens is 1. The van der Waals surface area contributed by atoms with Crippen LogP contribution in [0.1, 0.15) is 5.56 Å². The molecule has 1 aromatic heterocycles. The second-order valence-corrected chi connectivity index (χ2v) is 8.25. The first-order valence-electron chi connectivity index (χ1n) is 8.37. The summed E-state index contributed by atoms with van der Waals surface area (Å²) in [5.41, 5.74) is 8.03. The Labute approximate surface area is 162 Å². The van der Waals surface area contributed by atoms with Gasteiger partial charge in [-0.05, 0) is 17.7 Å². The van der Waals surface area contributed by atoms with Crippen molar-refractivity contribution >= 4 is 15.9 Å². The summed E-state index contributed by atoms with van der Waals surface area (Å²) < 4.78 is 24.6. The van der Waals surface area contributed by atoms with Crippen LogP contribution in [0.4, 0.5) is 4.79 Å². The van der Waals surface area contributed by atoms with Crippen LogP contribution in [0.25, 0.3) is 22.4 Å². The smallest absolute Gasteiger partial charge is 0.338 e. The number of urea groups is 1. The van der Waals surface area contributed by atoms with E-state index in [1.54, 1.807) is 24.3 Å². The Morgan fingerprint density at radius 2 is 1.71 bits per heavy atom. The van der Waals surface area contributed by atoms with Crippen molar-refractivity contribution < 1.29 is 18.4 Å². The van der Waals surface area contributed by atoms with Crippen LogP contribution in [-0.2, 0) is 16.4 Å². The first-order chi connectivity index (χ1) is 13.3. The van der Waals surface area contributed by atoms with E-state index in [4.69, 9.17) is 5.73 Å². The molecule has 2 aromatic carbocycles. The second-order valence-electron chi connectivity index (χ2n) is 6.27. The Kier molecular flexibility index (Phi) is 5.43. The van der Waals surface area contributed by atoms with Gasteiger partial charge in [0.15, 0.2) is 9.84 Å². The average Bonchev–Trinajstić information content (AvgIpc) is 2.68. The average molecular weight is 397 g/mol. The van der Waals surface area contributed by atoms with E-state index in [-0.39, 0.29) is 11.4 Å². The summed E-state index contributed by atoms with van der Waals surface area (Å²) in [5, 5.41) is 10.0. The maximum atomic E-state index is 12.3. The van der Waals surface area contributed by atoms with Crippen LogP contribution in [0.3, 0.4) is 0 Å². The van der Waals surface area contributed by atoms with Gasteiger partial charge in [-0.3, -0.25) is 10.2 Å². The zero-order valence-electron chi connectivity index (χ0n) is 15.1. The largest absolute Gasteiger partial charge is 0.350 e. The quantitative estimate of drug-likeness (QED) is 0.507. The van der Waals surface area contributed by atoms with Crippen molar-refractivity contribution in [2.45, 2.75) is 11.4 Å². The Bertz CT molecular complexity index is 1120. The molecule has 7 nitrogen and oxygen atoms in total. The van der Waals surface area contributed by atoms with Crippen LogP contribution >= 0.6 is 0 Å². The molecule has 0 radical (unpaired) electrons. The molecule has 0 aliphatic rings. The molecule has 3 rings (SSSR count). The zero-order chi connectivity index (χ0) is 20.3. The van der Waals surface area contributed by atoms with Crippen LogP contribution in [0.15, 0.2) is 71.8 Å². The van der Waals surface area contributed by atoms with Gasteiger partial charge in [-0.1, -0.05) is 48.5 Å². The van der Waals surface area contributed by atoms with E-state index in [0.29, 0.717) is 27.4 Å². The van der Waals surface area contributed by atoms with Crippen molar-refractivity contribution in [1.29, 1.82) is 0 Å². The maximum absolute atomic E-state index is 12.3. The lowest BCUT2D eigenvalue weighted by Crippen LogP contribution is -2.32. The number of hydroxylamine groups is 2. The highest BCUT2D eigenvalue weighted by molar-refractivity contribution is 7.90. The summed E-state index contributed by atoms with van der Waals surface area (Å²) in [6, 6.07) is 16.7. The first-order valence-corrected chi connectivity index (χ1v) is 10.3. The number of nitrogens with two attached hydrogens (primary N) is 1. The number of amides is 2. The molecule has 0 saturated carbocycles. The number of carbonyl (C=O) groups excluding carboxylic acids is 1. The molecule has 0 unspecified atom stereocenters. The number of carbonyl (C=O) groups is 1. The van der Waals surface area contributed by atoms with E-state index in [0.717, 1.165) is 11.8 Å². The highest BCUT2D eigenvalue weighted by Gasteiger charge is 2.19. The molecule has 3 aromatic rings. The van der Waals surface area contributed by atoms with Gasteiger partial charge in [-0.2, -0.15) is 0 Å². The minimum Gasteiger partial charge on any atom is -0.350 e. The zero-order valence-corrected chi connectivity index (χ0v) is 15.9. The number of rotatable bonds is 5. The van der Waals surface area contributed by atoms with Gasteiger partial charge in [0, 0.05) is 29.1 Å². The summed E-state index contributed by atoms with van der Waals surface area (Å²) in [7, 11) is -3.49. The monoisotopic (exact) mass is 397 g/mol. The van der Waals surface area contributed by atoms with Crippen LogP contribution < -0.4 is 5.73 Å². The third-order valence-electron chi connectivity index (χ3n) is 4.15. The van der Waals surface area contributed by atoms with Crippen LogP contribution in [0.2, 0.25) is 0 Å². The summed E-state index contributed by atoms with van der Waals surface area (Å²) in [4.78, 5) is 15.8. The molecule has 0 aliphatic carbocycles. The van der Waals surface area contributed by atoms with Gasteiger partial charge in [0.05, 0.1) is 17.1 Å². The predicted octanol–water partition coefficient (Wildman–Crippen LogP) is 3.09. The maximum Gasteiger partial charge on any atom is 0.338 e. The number of benzene rings is 2. The number of primary amides is 1. The van der Waals surface area contributed by atoms with Crippen LogP contribution in [-0.4, -0.2) is 36.0 Å². The van der Waals surface area contributed by atoms with Gasteiger partial charge < -0.3 is 5.73 Å². The molecule has 2 amide bonds. The number of sulfone groups is 1. The van der Waals surface area contributed by atoms with E-state index in [9.17, 15) is 18.4 Å². The molecule has 8 heteroatoms. The van der Waals surface area contributed by atoms with Gasteiger partial charge in [0.1, 0.15) is 0 Å². The molecule has 28 heavy (non-hydrogen) atoms. The van der Waals surface area contributed by atoms with E-state index < -0.39 is 15.9 Å². The fourth-order valence-electron chi connectivity index (χ4n) is 2.89. The Morgan fingerprint density at radius 3 is 2.36 bits per heavy atom. The summed E-state index contributed by atoms with van der Waals surface area (Å²) in [6.07, 6.45) is 2.66. The lowest BCUT2D eigenvalue weighted by molar-refractivity contribution is -0.0471. The molecule has 0 bridgehead atoms. The fourth-order valence-corrected chi connectivity index (χ4v) is 3.79. The summed E-state index contributed by atoms with van der Waals surface area (Å²) in [5.74, 6) is 0. The summed E-state index contributed by atoms with van der Waals surface area (Å²) >= 11 is 0. The molecular formula is C20H19N3O4S. The van der Waals surface area contributed by atoms with Gasteiger partial charge in [0.2, 0.25) is 0 Å². The SMILES string of the molecule is CS(=O)(=O)c1ccccc1-c1cc(CN(O)C(N)=O)cnc1-c1ccccc1. The van der Waals surface area contributed by atoms with Crippen LogP contribution in [0, 0.1) is 0 Å². The van der Waals surface area contributed by atoms with Crippen molar-refractivity contribution in [2.24, 2.45) is 5.73 Å². The van der Waals surface area contributed by atoms with E-state index >= 15 is 0 Å². The molecule has 0 fully saturated rings. The Morgan fingerprint density at radius 1 is 1.07 bits per heavy atom. The second kappa shape index (κ2) is 7.79. The highest BCUT2D eigenvalue weighted by atomic mass is 32.2. The van der Waals surface area contributed by atoms with Crippen molar-refractivity contribution in [3.8, 4) is 22.4 Å². The highest BCUT2D eigenvalue weighted by Crippen LogP contribution is 2.35. The number of nitrogens with zero attached hydrogens (tertiary/aromatic N) is 2. The molecule has 0 spiro atoms. The van der Waals surface area contributed by atoms with Gasteiger partial charge in [-0.25, -0.2) is 18.3 Å². The first kappa shape index (κ1) is 19.5. The van der Waals surface area contributed by atoms with Gasteiger partial charge >= 0.3 is 6.03 Å². The normalized spacial score (nSPS) is 11.2. The van der Waals surface area contributed by atoms with E-state index in [2.05, 4.69) is 4.98 Å². The molecule has 0 aliphatic heterocycles. The minimum absolute atomic E-state index is 0.168. The standard InChI is InChI=1S/C20H19N3O4S/c1-28(26,27)18-10-6-5-9-16(18)17-11-14(13-23(25)20(21)24)12-22-19(17)15-7-3-2-4-8-15/h2-12,25H,13H2,1H3,(H2,21,24). The Balaban J connectivity index is 2.24. The molecule has 0 saturated heterocycles. The van der Waals surface area contributed by atoms with Gasteiger partial charge in [0.25, 0.3) is 0 Å². The fraction of sp³-hybridized carbons (Fsp3) is 0.100. The van der Waals surface area contributed by atoms with E-state index in [1.165, 1.54) is 12.3 Å². The van der Waals surface area contributed by atoms with E-state index in [1.807, 2.05) is 30.3 Å².